The molecule has 2 aliphatic rings. The zero-order chi connectivity index (χ0) is 21.2. The number of nitrogens with zero attached hydrogens (tertiary/aromatic N) is 1. The van der Waals surface area contributed by atoms with Gasteiger partial charge in [0.2, 0.25) is 5.91 Å². The summed E-state index contributed by atoms with van der Waals surface area (Å²) >= 11 is 5.87. The largest absolute Gasteiger partial charge is 0.354 e. The third kappa shape index (κ3) is 4.92. The number of carbonyl (C=O) groups is 3. The molecule has 0 radical (unpaired) electrons. The number of rotatable bonds is 5. The summed E-state index contributed by atoms with van der Waals surface area (Å²) in [7, 11) is 0. The summed E-state index contributed by atoms with van der Waals surface area (Å²) in [6.45, 7) is 6.83. The van der Waals surface area contributed by atoms with Gasteiger partial charge in [0.05, 0.1) is 0 Å². The van der Waals surface area contributed by atoms with Gasteiger partial charge < -0.3 is 10.6 Å². The maximum atomic E-state index is 13.0. The summed E-state index contributed by atoms with van der Waals surface area (Å²) in [6.07, 6.45) is 3.72. The highest BCUT2D eigenvalue weighted by Crippen LogP contribution is 2.43. The molecule has 0 bridgehead atoms. The van der Waals surface area contributed by atoms with Crippen LogP contribution in [-0.4, -0.2) is 41.4 Å². The van der Waals surface area contributed by atoms with Crippen molar-refractivity contribution in [1.82, 2.24) is 15.5 Å². The second-order valence-corrected chi connectivity index (χ2v) is 9.71. The molecule has 0 aromatic heterocycles. The summed E-state index contributed by atoms with van der Waals surface area (Å²) in [5.74, 6) is -0.0614. The van der Waals surface area contributed by atoms with Crippen molar-refractivity contribution in [2.24, 2.45) is 11.3 Å². The maximum absolute atomic E-state index is 13.0. The van der Waals surface area contributed by atoms with Crippen molar-refractivity contribution in [2.45, 2.75) is 58.4 Å². The van der Waals surface area contributed by atoms with Crippen LogP contribution in [0.3, 0.4) is 0 Å². The summed E-state index contributed by atoms with van der Waals surface area (Å²) in [4.78, 5) is 38.7. The highest BCUT2D eigenvalue weighted by molar-refractivity contribution is 6.30. The minimum atomic E-state index is -0.831. The Morgan fingerprint density at radius 3 is 2.41 bits per heavy atom. The molecule has 1 saturated carbocycles. The molecule has 2 N–H and O–H groups in total. The Balaban J connectivity index is 1.51. The van der Waals surface area contributed by atoms with E-state index in [1.54, 1.807) is 12.1 Å². The van der Waals surface area contributed by atoms with Crippen LogP contribution in [0, 0.1) is 11.3 Å². The van der Waals surface area contributed by atoms with Crippen molar-refractivity contribution >= 4 is 29.4 Å². The van der Waals surface area contributed by atoms with E-state index in [9.17, 15) is 14.4 Å². The molecular weight excluding hydrogens is 390 g/mol. The Morgan fingerprint density at radius 2 is 1.83 bits per heavy atom. The molecule has 1 heterocycles. The van der Waals surface area contributed by atoms with Crippen molar-refractivity contribution < 1.29 is 14.4 Å². The van der Waals surface area contributed by atoms with E-state index < -0.39 is 11.6 Å². The van der Waals surface area contributed by atoms with Crippen LogP contribution in [0.15, 0.2) is 24.3 Å². The first-order valence-electron chi connectivity index (χ1n) is 10.3. The van der Waals surface area contributed by atoms with E-state index in [1.807, 2.05) is 12.1 Å². The first-order valence-corrected chi connectivity index (χ1v) is 10.6. The standard InChI is InChI=1S/C22H30ClN3O3/c1-21(2,3)16-8-11-22(12-9-16)19(28)26(20(29)25-22)14-18(27)24-13-10-15-4-6-17(23)7-5-15/h4-7,16H,8-14H2,1-3H3,(H,24,27)(H,25,29). The molecule has 29 heavy (non-hydrogen) atoms. The molecule has 1 aromatic rings. The number of urea groups is 1. The van der Waals surface area contributed by atoms with Gasteiger partial charge in [-0.1, -0.05) is 44.5 Å². The highest BCUT2D eigenvalue weighted by Gasteiger charge is 2.53. The fourth-order valence-electron chi connectivity index (χ4n) is 4.33. The van der Waals surface area contributed by atoms with Gasteiger partial charge in [0.25, 0.3) is 5.91 Å². The smallest absolute Gasteiger partial charge is 0.325 e. The average molecular weight is 420 g/mol. The lowest BCUT2D eigenvalue weighted by atomic mass is 9.67. The van der Waals surface area contributed by atoms with E-state index in [0.29, 0.717) is 36.7 Å². The number of nitrogens with one attached hydrogen (secondary N) is 2. The second-order valence-electron chi connectivity index (χ2n) is 9.27. The monoisotopic (exact) mass is 419 g/mol. The maximum Gasteiger partial charge on any atom is 0.325 e. The molecule has 0 atom stereocenters. The van der Waals surface area contributed by atoms with Gasteiger partial charge in [-0.3, -0.25) is 14.5 Å². The minimum Gasteiger partial charge on any atom is -0.354 e. The fourth-order valence-corrected chi connectivity index (χ4v) is 4.46. The second kappa shape index (κ2) is 8.34. The number of halogens is 1. The predicted octanol–water partition coefficient (Wildman–Crippen LogP) is 3.53. The van der Waals surface area contributed by atoms with E-state index in [4.69, 9.17) is 11.6 Å². The third-order valence-electron chi connectivity index (χ3n) is 6.26. The van der Waals surface area contributed by atoms with Crippen LogP contribution >= 0.6 is 11.6 Å². The Kier molecular flexibility index (Phi) is 6.22. The third-order valence-corrected chi connectivity index (χ3v) is 6.51. The van der Waals surface area contributed by atoms with E-state index in [0.717, 1.165) is 23.3 Å². The molecule has 7 heteroatoms. The van der Waals surface area contributed by atoms with Gasteiger partial charge in [0, 0.05) is 11.6 Å². The number of carbonyl (C=O) groups excluding carboxylic acids is 3. The molecule has 2 fully saturated rings. The molecule has 6 nitrogen and oxygen atoms in total. The average Bonchev–Trinajstić information content (AvgIpc) is 2.87. The van der Waals surface area contributed by atoms with Crippen LogP contribution in [0.25, 0.3) is 0 Å². The molecule has 1 aliphatic carbocycles. The van der Waals surface area contributed by atoms with Gasteiger partial charge in [-0.15, -0.1) is 0 Å². The first kappa shape index (κ1) is 21.6. The molecule has 3 rings (SSSR count). The summed E-state index contributed by atoms with van der Waals surface area (Å²) in [6, 6.07) is 6.96. The number of imide groups is 1. The van der Waals surface area contributed by atoms with E-state index >= 15 is 0 Å². The van der Waals surface area contributed by atoms with E-state index in [2.05, 4.69) is 31.4 Å². The van der Waals surface area contributed by atoms with Crippen LogP contribution in [-0.2, 0) is 16.0 Å². The van der Waals surface area contributed by atoms with Crippen LogP contribution in [0.5, 0.6) is 0 Å². The van der Waals surface area contributed by atoms with Crippen LogP contribution in [0.1, 0.15) is 52.0 Å². The topological polar surface area (TPSA) is 78.5 Å². The van der Waals surface area contributed by atoms with Crippen molar-refractivity contribution in [3.05, 3.63) is 34.9 Å². The predicted molar refractivity (Wildman–Crippen MR) is 113 cm³/mol. The Bertz CT molecular complexity index is 777. The van der Waals surface area contributed by atoms with Gasteiger partial charge in [0.1, 0.15) is 12.1 Å². The van der Waals surface area contributed by atoms with Crippen LogP contribution in [0.4, 0.5) is 4.79 Å². The van der Waals surface area contributed by atoms with Gasteiger partial charge in [0.15, 0.2) is 0 Å². The van der Waals surface area contributed by atoms with Crippen molar-refractivity contribution in [3.63, 3.8) is 0 Å². The molecule has 1 aromatic carbocycles. The van der Waals surface area contributed by atoms with Crippen LogP contribution < -0.4 is 10.6 Å². The Morgan fingerprint density at radius 1 is 1.21 bits per heavy atom. The summed E-state index contributed by atoms with van der Waals surface area (Å²) < 4.78 is 0. The summed E-state index contributed by atoms with van der Waals surface area (Å²) in [5.41, 5.74) is 0.415. The molecule has 4 amide bonds. The van der Waals surface area contributed by atoms with E-state index in [-0.39, 0.29) is 23.8 Å². The minimum absolute atomic E-state index is 0.191. The lowest BCUT2D eigenvalue weighted by molar-refractivity contribution is -0.136. The molecule has 1 saturated heterocycles. The zero-order valence-electron chi connectivity index (χ0n) is 17.4. The Labute approximate surface area is 177 Å². The SMILES string of the molecule is CC(C)(C)C1CCC2(CC1)NC(=O)N(CC(=O)NCCc1ccc(Cl)cc1)C2=O. The molecule has 1 aliphatic heterocycles. The van der Waals surface area contributed by atoms with Crippen LogP contribution in [0.2, 0.25) is 5.02 Å². The molecular formula is C22H30ClN3O3. The van der Waals surface area contributed by atoms with Crippen molar-refractivity contribution in [2.75, 3.05) is 13.1 Å². The number of hydrogen-bond acceptors (Lipinski definition) is 3. The lowest BCUT2D eigenvalue weighted by Gasteiger charge is -2.40. The molecule has 0 unspecified atom stereocenters. The van der Waals surface area contributed by atoms with Gasteiger partial charge in [-0.25, -0.2) is 4.79 Å². The normalized spacial score (nSPS) is 24.7. The Hall–Kier alpha value is -2.08. The summed E-state index contributed by atoms with van der Waals surface area (Å²) in [5, 5.41) is 6.33. The quantitative estimate of drug-likeness (QED) is 0.716. The van der Waals surface area contributed by atoms with E-state index in [1.165, 1.54) is 0 Å². The fraction of sp³-hybridized carbons (Fsp3) is 0.591. The lowest BCUT2D eigenvalue weighted by Crippen LogP contribution is -2.51. The molecule has 1 spiro atoms. The number of amides is 4. The van der Waals surface area contributed by atoms with Gasteiger partial charge in [-0.05, 0) is 61.1 Å². The van der Waals surface area contributed by atoms with Gasteiger partial charge in [-0.2, -0.15) is 0 Å². The van der Waals surface area contributed by atoms with Gasteiger partial charge >= 0.3 is 6.03 Å². The number of hydrogen-bond donors (Lipinski definition) is 2. The zero-order valence-corrected chi connectivity index (χ0v) is 18.1. The highest BCUT2D eigenvalue weighted by atomic mass is 35.5. The number of benzene rings is 1. The van der Waals surface area contributed by atoms with Crippen molar-refractivity contribution in [3.8, 4) is 0 Å². The molecule has 158 valence electrons. The first-order chi connectivity index (χ1) is 13.6. The van der Waals surface area contributed by atoms with Crippen molar-refractivity contribution in [1.29, 1.82) is 0 Å².